The SMILES string of the molecule is COC(=O)/C=C1/C[C@H]2C[C@]3(O)O[C@H](C[C@@H](O)CC(=O)O[C@H](C)[C@H](O)C[C@@H]4C[C@@H]5CC(=O)O[C@@]5(O4)C(=O)C(C)(C)/C=C/[C@@H](C1)O2)C[C@H](OC(=O)C(C)(C)C)C3(C)C. The average molecular weight is 793 g/mol. The molecule has 0 aromatic heterocycles. The van der Waals surface area contributed by atoms with E-state index in [1.54, 1.807) is 60.6 Å². The predicted molar refractivity (Wildman–Crippen MR) is 196 cm³/mol. The zero-order chi connectivity index (χ0) is 41.6. The zero-order valence-electron chi connectivity index (χ0n) is 34.0. The van der Waals surface area contributed by atoms with Gasteiger partial charge in [-0.3, -0.25) is 19.2 Å². The van der Waals surface area contributed by atoms with E-state index < -0.39 is 119 Å². The highest BCUT2D eigenvalue weighted by Gasteiger charge is 2.64. The smallest absolute Gasteiger partial charge is 0.330 e. The first-order valence-electron chi connectivity index (χ1n) is 19.6. The number of ketones is 1. The Labute approximate surface area is 328 Å². The van der Waals surface area contributed by atoms with Crippen LogP contribution in [0, 0.1) is 22.2 Å². The Hall–Kier alpha value is -3.21. The lowest BCUT2D eigenvalue weighted by Gasteiger charge is -2.54. The standard InChI is InChI=1S/C41H60O15/c1-22-30(43)19-27-15-24-16-34(46)56-41(24,55-27)35(47)38(5,6)11-10-26-12-23(14-32(44)50-9)13-29(52-26)21-40(49)39(7,8)31(53-36(48)37(2,3)4)20-28(54-40)17-25(42)18-33(45)51-22/h10-11,14,22,24-31,42-43,49H,12-13,15-21H2,1-9H3/b11-10+,23-14+/t22-,24-,25-,26+,27+,28-,29+,30-,31+,40+,41-/m1/s1. The van der Waals surface area contributed by atoms with Crippen LogP contribution < -0.4 is 0 Å². The molecule has 3 N–H and O–H groups in total. The Balaban J connectivity index is 1.53. The van der Waals surface area contributed by atoms with Crippen molar-refractivity contribution in [3.05, 3.63) is 23.8 Å². The van der Waals surface area contributed by atoms with Gasteiger partial charge in [0, 0.05) is 43.1 Å². The van der Waals surface area contributed by atoms with Crippen molar-refractivity contribution >= 4 is 29.7 Å². The maximum absolute atomic E-state index is 14.4. The van der Waals surface area contributed by atoms with E-state index in [4.69, 9.17) is 33.2 Å². The lowest BCUT2D eigenvalue weighted by Crippen LogP contribution is -2.62. The molecular weight excluding hydrogens is 732 g/mol. The number of aliphatic hydroxyl groups is 3. The molecule has 0 aromatic rings. The molecule has 4 saturated heterocycles. The number of cyclic esters (lactones) is 1. The first-order chi connectivity index (χ1) is 25.9. The van der Waals surface area contributed by atoms with Gasteiger partial charge >= 0.3 is 23.9 Å². The van der Waals surface area contributed by atoms with Gasteiger partial charge < -0.3 is 48.5 Å². The van der Waals surface area contributed by atoms with Gasteiger partial charge in [-0.15, -0.1) is 0 Å². The molecule has 15 nitrogen and oxygen atoms in total. The number of Topliss-reactive ketones (excluding diaryl/α,β-unsaturated/α-hetero) is 1. The van der Waals surface area contributed by atoms with Crippen LogP contribution in [0.3, 0.4) is 0 Å². The van der Waals surface area contributed by atoms with Crippen LogP contribution in [0.15, 0.2) is 23.8 Å². The van der Waals surface area contributed by atoms with Gasteiger partial charge in [-0.1, -0.05) is 31.6 Å². The molecule has 1 spiro atoms. The minimum absolute atomic E-state index is 0.0259. The molecule has 56 heavy (non-hydrogen) atoms. The van der Waals surface area contributed by atoms with Crippen molar-refractivity contribution in [3.63, 3.8) is 0 Å². The second-order valence-corrected chi connectivity index (χ2v) is 18.4. The van der Waals surface area contributed by atoms with Gasteiger partial charge in [0.05, 0.1) is 67.4 Å². The number of hydrogen-bond acceptors (Lipinski definition) is 15. The Morgan fingerprint density at radius 1 is 0.893 bits per heavy atom. The Morgan fingerprint density at radius 2 is 1.57 bits per heavy atom. The summed E-state index contributed by atoms with van der Waals surface area (Å²) in [5, 5.41) is 34.7. The summed E-state index contributed by atoms with van der Waals surface area (Å²) in [6.07, 6.45) is -2.77. The van der Waals surface area contributed by atoms with Crippen LogP contribution in [0.25, 0.3) is 0 Å². The predicted octanol–water partition coefficient (Wildman–Crippen LogP) is 3.52. The lowest BCUT2D eigenvalue weighted by molar-refractivity contribution is -0.349. The van der Waals surface area contributed by atoms with Crippen LogP contribution in [0.1, 0.15) is 113 Å². The molecule has 0 radical (unpaired) electrons. The van der Waals surface area contributed by atoms with Crippen molar-refractivity contribution in [3.8, 4) is 0 Å². The quantitative estimate of drug-likeness (QED) is 0.158. The van der Waals surface area contributed by atoms with Crippen molar-refractivity contribution in [2.45, 2.75) is 174 Å². The van der Waals surface area contributed by atoms with E-state index in [0.717, 1.165) is 0 Å². The van der Waals surface area contributed by atoms with Gasteiger partial charge in [-0.05, 0) is 60.8 Å². The van der Waals surface area contributed by atoms with E-state index >= 15 is 0 Å². The highest BCUT2D eigenvalue weighted by Crippen LogP contribution is 2.51. The number of esters is 4. The van der Waals surface area contributed by atoms with Crippen molar-refractivity contribution < 1.29 is 72.5 Å². The van der Waals surface area contributed by atoms with Crippen LogP contribution in [-0.2, 0) is 57.1 Å². The third-order valence-corrected chi connectivity index (χ3v) is 11.9. The van der Waals surface area contributed by atoms with E-state index in [1.807, 2.05) is 0 Å². The van der Waals surface area contributed by atoms with Crippen LogP contribution in [0.2, 0.25) is 0 Å². The van der Waals surface area contributed by atoms with Crippen molar-refractivity contribution in [1.82, 2.24) is 0 Å². The minimum atomic E-state index is -2.02. The Morgan fingerprint density at radius 3 is 2.23 bits per heavy atom. The van der Waals surface area contributed by atoms with Crippen molar-refractivity contribution in [2.24, 2.45) is 22.2 Å². The number of hydrogen-bond donors (Lipinski definition) is 3. The van der Waals surface area contributed by atoms with Crippen molar-refractivity contribution in [1.29, 1.82) is 0 Å². The molecule has 0 saturated carbocycles. The maximum atomic E-state index is 14.4. The van der Waals surface area contributed by atoms with E-state index in [9.17, 15) is 39.3 Å². The summed E-state index contributed by atoms with van der Waals surface area (Å²) in [6.45, 7) is 13.4. The molecule has 5 aliphatic heterocycles. The molecule has 5 rings (SSSR count). The fourth-order valence-electron chi connectivity index (χ4n) is 8.36. The molecule has 4 fully saturated rings. The third kappa shape index (κ3) is 9.39. The highest BCUT2D eigenvalue weighted by molar-refractivity contribution is 5.96. The van der Waals surface area contributed by atoms with Crippen LogP contribution >= 0.6 is 0 Å². The molecule has 314 valence electrons. The number of carbonyl (C=O) groups excluding carboxylic acids is 5. The Bertz CT molecular complexity index is 1590. The first kappa shape index (κ1) is 43.9. The summed E-state index contributed by atoms with van der Waals surface area (Å²) in [5.41, 5.74) is -2.71. The number of carbonyl (C=O) groups is 5. The second kappa shape index (κ2) is 16.2. The number of allylic oxidation sites excluding steroid dienone is 1. The average Bonchev–Trinajstić information content (AvgIpc) is 3.56. The second-order valence-electron chi connectivity index (χ2n) is 18.4. The molecule has 11 atom stereocenters. The summed E-state index contributed by atoms with van der Waals surface area (Å²) in [5.74, 6) is -7.48. The van der Waals surface area contributed by atoms with Crippen molar-refractivity contribution in [2.75, 3.05) is 7.11 Å². The molecule has 0 aliphatic carbocycles. The molecule has 0 amide bonds. The monoisotopic (exact) mass is 792 g/mol. The van der Waals surface area contributed by atoms with Gasteiger partial charge in [0.25, 0.3) is 5.79 Å². The summed E-state index contributed by atoms with van der Waals surface area (Å²) >= 11 is 0. The van der Waals surface area contributed by atoms with E-state index in [1.165, 1.54) is 20.1 Å². The molecular formula is C41H60O15. The van der Waals surface area contributed by atoms with Crippen LogP contribution in [-0.4, -0.2) is 112 Å². The fraction of sp³-hybridized carbons (Fsp3) is 0.780. The number of aliphatic hydroxyl groups excluding tert-OH is 2. The summed E-state index contributed by atoms with van der Waals surface area (Å²) in [7, 11) is 1.26. The fourth-order valence-corrected chi connectivity index (χ4v) is 8.36. The third-order valence-electron chi connectivity index (χ3n) is 11.9. The van der Waals surface area contributed by atoms with E-state index in [-0.39, 0.29) is 51.4 Å². The summed E-state index contributed by atoms with van der Waals surface area (Å²) < 4.78 is 41.2. The summed E-state index contributed by atoms with van der Waals surface area (Å²) in [4.78, 5) is 65.6. The number of fused-ring (bicyclic) bond motifs is 5. The van der Waals surface area contributed by atoms with Gasteiger partial charge in [-0.25, -0.2) is 4.79 Å². The van der Waals surface area contributed by atoms with Gasteiger partial charge in [0.2, 0.25) is 5.78 Å². The topological polar surface area (TPSA) is 211 Å². The number of methoxy groups -OCH3 is 1. The Kier molecular flexibility index (Phi) is 12.7. The lowest BCUT2D eigenvalue weighted by atomic mass is 9.70. The van der Waals surface area contributed by atoms with Gasteiger partial charge in [0.15, 0.2) is 5.79 Å². The number of rotatable bonds is 2. The molecule has 0 unspecified atom stereocenters. The van der Waals surface area contributed by atoms with Crippen LogP contribution in [0.5, 0.6) is 0 Å². The molecule has 5 heterocycles. The molecule has 5 aliphatic rings. The summed E-state index contributed by atoms with van der Waals surface area (Å²) in [6, 6.07) is 0. The zero-order valence-corrected chi connectivity index (χ0v) is 34.0. The normalized spacial score (nSPS) is 40.6. The molecule has 0 aromatic carbocycles. The molecule has 15 heteroatoms. The highest BCUT2D eigenvalue weighted by atomic mass is 16.7. The minimum Gasteiger partial charge on any atom is -0.466 e. The maximum Gasteiger partial charge on any atom is 0.330 e. The first-order valence-corrected chi connectivity index (χ1v) is 19.6. The number of ether oxygens (including phenoxy) is 7. The van der Waals surface area contributed by atoms with Gasteiger partial charge in [-0.2, -0.15) is 0 Å². The van der Waals surface area contributed by atoms with Gasteiger partial charge in [0.1, 0.15) is 12.2 Å². The largest absolute Gasteiger partial charge is 0.466 e. The molecule has 6 bridgehead atoms. The van der Waals surface area contributed by atoms with Crippen LogP contribution in [0.4, 0.5) is 0 Å². The van der Waals surface area contributed by atoms with E-state index in [2.05, 4.69) is 0 Å². The van der Waals surface area contributed by atoms with E-state index in [0.29, 0.717) is 5.57 Å².